The first kappa shape index (κ1) is 21.0. The molecule has 0 saturated heterocycles. The molecule has 0 unspecified atom stereocenters. The normalized spacial score (nSPS) is 9.93. The van der Waals surface area contributed by atoms with E-state index in [1.165, 1.54) is 3.57 Å². The highest BCUT2D eigenvalue weighted by molar-refractivity contribution is 14.1. The largest absolute Gasteiger partial charge is 0.129 e. The van der Waals surface area contributed by atoms with Crippen molar-refractivity contribution in [1.82, 2.24) is 0 Å². The van der Waals surface area contributed by atoms with E-state index in [0.717, 1.165) is 27.8 Å². The first-order valence-electron chi connectivity index (χ1n) is 9.40. The number of benzene rings is 3. The minimum Gasteiger partial charge on any atom is -0.127 e. The molecule has 2 heteroatoms. The van der Waals surface area contributed by atoms with Gasteiger partial charge in [0.05, 0.1) is 0 Å². The van der Waals surface area contributed by atoms with Gasteiger partial charge in [-0.25, -0.2) is 0 Å². The lowest BCUT2D eigenvalue weighted by Crippen LogP contribution is -2.16. The van der Waals surface area contributed by atoms with E-state index in [1.54, 1.807) is 0 Å². The van der Waals surface area contributed by atoms with Crippen LogP contribution in [0.3, 0.4) is 0 Å². The summed E-state index contributed by atoms with van der Waals surface area (Å²) in [5, 5.41) is 0. The van der Waals surface area contributed by atoms with E-state index in [1.807, 2.05) is 60.7 Å². The van der Waals surface area contributed by atoms with Crippen molar-refractivity contribution in [3.05, 3.63) is 104 Å². The van der Waals surface area contributed by atoms with Crippen LogP contribution in [0.2, 0.25) is 19.6 Å². The smallest absolute Gasteiger partial charge is 0.127 e. The second kappa shape index (κ2) is 9.66. The second-order valence-corrected chi connectivity index (χ2v) is 13.7. The van der Waals surface area contributed by atoms with Crippen molar-refractivity contribution in [2.45, 2.75) is 19.6 Å². The molecule has 0 aliphatic carbocycles. The Kier molecular flexibility index (Phi) is 7.00. The third kappa shape index (κ3) is 7.32. The maximum atomic E-state index is 3.39. The van der Waals surface area contributed by atoms with Crippen LogP contribution in [0.4, 0.5) is 0 Å². The van der Waals surface area contributed by atoms with Crippen LogP contribution in [-0.4, -0.2) is 8.07 Å². The van der Waals surface area contributed by atoms with Gasteiger partial charge in [-0.1, -0.05) is 49.2 Å². The number of hydrogen-bond donors (Lipinski definition) is 0. The molecule has 0 aliphatic heterocycles. The topological polar surface area (TPSA) is 0 Å². The first-order valence-corrected chi connectivity index (χ1v) is 14.0. The maximum absolute atomic E-state index is 3.39. The molecular weight excluding hydrogens is 479 g/mol. The number of hydrogen-bond acceptors (Lipinski definition) is 0. The SMILES string of the molecule is C[Si](C)(C)C#Cc1ccc(C#Cc2ccc(C#Cc3ccc(I)cc3)cc2)cc1. The summed E-state index contributed by atoms with van der Waals surface area (Å²) in [5.41, 5.74) is 8.41. The van der Waals surface area contributed by atoms with Gasteiger partial charge < -0.3 is 0 Å². The maximum Gasteiger partial charge on any atom is 0.129 e. The van der Waals surface area contributed by atoms with E-state index in [2.05, 4.69) is 89.5 Å². The van der Waals surface area contributed by atoms with Gasteiger partial charge in [-0.3, -0.25) is 0 Å². The van der Waals surface area contributed by atoms with Gasteiger partial charge in [0.15, 0.2) is 0 Å². The minimum atomic E-state index is -1.34. The van der Waals surface area contributed by atoms with Crippen LogP contribution in [0.1, 0.15) is 27.8 Å². The van der Waals surface area contributed by atoms with Crippen LogP contribution in [0, 0.1) is 38.7 Å². The molecule has 3 rings (SSSR count). The molecule has 0 saturated carbocycles. The zero-order chi connectivity index (χ0) is 20.7. The van der Waals surface area contributed by atoms with Gasteiger partial charge >= 0.3 is 0 Å². The molecule has 0 heterocycles. The third-order valence-corrected chi connectivity index (χ3v) is 5.49. The molecule has 0 atom stereocenters. The van der Waals surface area contributed by atoms with Gasteiger partial charge in [0, 0.05) is 31.4 Å². The molecule has 0 nitrogen and oxygen atoms in total. The standard InChI is InChI=1S/C27H21ISi/c1-29(2,3)21-20-26-14-12-24(13-15-26)9-8-22-4-6-23(7-5-22)10-11-25-16-18-27(28)19-17-25/h4-7,12-19H,1-3H3. The van der Waals surface area contributed by atoms with Gasteiger partial charge in [-0.2, -0.15) is 0 Å². The Hall–Kier alpha value is -2.71. The molecule has 29 heavy (non-hydrogen) atoms. The van der Waals surface area contributed by atoms with E-state index < -0.39 is 8.07 Å². The lowest BCUT2D eigenvalue weighted by molar-refractivity contribution is 1.57. The molecule has 0 aromatic heterocycles. The lowest BCUT2D eigenvalue weighted by Gasteiger charge is -2.03. The molecule has 0 spiro atoms. The second-order valence-electron chi connectivity index (χ2n) is 7.66. The molecule has 140 valence electrons. The van der Waals surface area contributed by atoms with Crippen LogP contribution in [0.25, 0.3) is 0 Å². The van der Waals surface area contributed by atoms with Crippen LogP contribution in [0.5, 0.6) is 0 Å². The fourth-order valence-electron chi connectivity index (χ4n) is 2.36. The lowest BCUT2D eigenvalue weighted by atomic mass is 10.1. The van der Waals surface area contributed by atoms with Gasteiger partial charge in [0.25, 0.3) is 0 Å². The van der Waals surface area contributed by atoms with Crippen molar-refractivity contribution in [3.8, 4) is 35.1 Å². The van der Waals surface area contributed by atoms with Crippen molar-refractivity contribution in [2.24, 2.45) is 0 Å². The Morgan fingerprint density at radius 1 is 0.483 bits per heavy atom. The average Bonchev–Trinajstić information content (AvgIpc) is 2.71. The van der Waals surface area contributed by atoms with Crippen LogP contribution in [0.15, 0.2) is 72.8 Å². The van der Waals surface area contributed by atoms with Crippen LogP contribution in [-0.2, 0) is 0 Å². The number of halogens is 1. The van der Waals surface area contributed by atoms with E-state index in [4.69, 9.17) is 0 Å². The average molecular weight is 500 g/mol. The summed E-state index contributed by atoms with van der Waals surface area (Å²) in [6, 6.07) is 24.4. The monoisotopic (exact) mass is 500 g/mol. The zero-order valence-corrected chi connectivity index (χ0v) is 20.0. The van der Waals surface area contributed by atoms with Crippen molar-refractivity contribution < 1.29 is 0 Å². The molecule has 3 aromatic rings. The van der Waals surface area contributed by atoms with E-state index >= 15 is 0 Å². The Balaban J connectivity index is 1.67. The van der Waals surface area contributed by atoms with Gasteiger partial charge in [0.2, 0.25) is 0 Å². The zero-order valence-electron chi connectivity index (χ0n) is 16.8. The van der Waals surface area contributed by atoms with Crippen molar-refractivity contribution >= 4 is 30.7 Å². The molecule has 3 aromatic carbocycles. The third-order valence-electron chi connectivity index (χ3n) is 3.90. The molecule has 0 radical (unpaired) electrons. The van der Waals surface area contributed by atoms with Crippen molar-refractivity contribution in [2.75, 3.05) is 0 Å². The molecule has 0 bridgehead atoms. The predicted molar refractivity (Wildman–Crippen MR) is 134 cm³/mol. The molecule has 0 aliphatic rings. The highest BCUT2D eigenvalue weighted by Crippen LogP contribution is 2.08. The molecule has 0 amide bonds. The Morgan fingerprint density at radius 3 is 1.07 bits per heavy atom. The Bertz CT molecular complexity index is 1160. The van der Waals surface area contributed by atoms with Crippen LogP contribution >= 0.6 is 22.6 Å². The Labute approximate surface area is 188 Å². The molecular formula is C27H21ISi. The highest BCUT2D eigenvalue weighted by Gasteiger charge is 2.07. The quantitative estimate of drug-likeness (QED) is 0.193. The first-order chi connectivity index (χ1) is 13.9. The van der Waals surface area contributed by atoms with Crippen LogP contribution < -0.4 is 0 Å². The van der Waals surface area contributed by atoms with Gasteiger partial charge in [-0.15, -0.1) is 5.54 Å². The fraction of sp³-hybridized carbons (Fsp3) is 0.111. The highest BCUT2D eigenvalue weighted by atomic mass is 127. The summed E-state index contributed by atoms with van der Waals surface area (Å²) >= 11 is 2.29. The van der Waals surface area contributed by atoms with Crippen molar-refractivity contribution in [3.63, 3.8) is 0 Å². The molecule has 0 fully saturated rings. The summed E-state index contributed by atoms with van der Waals surface area (Å²) in [7, 11) is -1.34. The summed E-state index contributed by atoms with van der Waals surface area (Å²) in [6.07, 6.45) is 0. The fourth-order valence-corrected chi connectivity index (χ4v) is 3.23. The summed E-state index contributed by atoms with van der Waals surface area (Å²) in [5.74, 6) is 16.1. The molecule has 0 N–H and O–H groups in total. The minimum absolute atomic E-state index is 0.979. The van der Waals surface area contributed by atoms with E-state index in [0.29, 0.717) is 0 Å². The predicted octanol–water partition coefficient (Wildman–Crippen LogP) is 6.32. The van der Waals surface area contributed by atoms with Gasteiger partial charge in [0.1, 0.15) is 8.07 Å². The summed E-state index contributed by atoms with van der Waals surface area (Å²) in [4.78, 5) is 0. The van der Waals surface area contributed by atoms with Gasteiger partial charge in [-0.05, 0) is 95.4 Å². The van der Waals surface area contributed by atoms with Crippen molar-refractivity contribution in [1.29, 1.82) is 0 Å². The Morgan fingerprint density at radius 2 is 0.759 bits per heavy atom. The summed E-state index contributed by atoms with van der Waals surface area (Å²) < 4.78 is 1.21. The van der Waals surface area contributed by atoms with E-state index in [9.17, 15) is 0 Å². The summed E-state index contributed by atoms with van der Waals surface area (Å²) in [6.45, 7) is 6.75. The van der Waals surface area contributed by atoms with E-state index in [-0.39, 0.29) is 0 Å². The number of rotatable bonds is 0.